The number of hydrogen-bond acceptors (Lipinski definition) is 1. The summed E-state index contributed by atoms with van der Waals surface area (Å²) in [4.78, 5) is 1.58. The molecule has 1 aliphatic rings. The van der Waals surface area contributed by atoms with E-state index >= 15 is 0 Å². The van der Waals surface area contributed by atoms with Gasteiger partial charge in [0.25, 0.3) is 0 Å². The van der Waals surface area contributed by atoms with E-state index in [4.69, 9.17) is 0 Å². The highest BCUT2D eigenvalue weighted by Crippen LogP contribution is 2.34. The number of aryl methyl sites for hydroxylation is 1. The van der Waals surface area contributed by atoms with Gasteiger partial charge in [-0.15, -0.1) is 11.3 Å². The molecule has 0 spiro atoms. The summed E-state index contributed by atoms with van der Waals surface area (Å²) >= 11 is 1.91. The number of hydrogen-bond donors (Lipinski definition) is 0. The molecule has 0 saturated heterocycles. The molecule has 1 heteroatoms. The molecule has 1 aromatic heterocycles. The molecule has 0 amide bonds. The lowest BCUT2D eigenvalue weighted by molar-refractivity contribution is 0.834. The molecule has 0 nitrogen and oxygen atoms in total. The predicted molar refractivity (Wildman–Crippen MR) is 55.5 cm³/mol. The summed E-state index contributed by atoms with van der Waals surface area (Å²) < 4.78 is 0. The van der Waals surface area contributed by atoms with Crippen molar-refractivity contribution in [3.05, 3.63) is 28.0 Å². The van der Waals surface area contributed by atoms with Crippen LogP contribution in [0.3, 0.4) is 0 Å². The third-order valence-corrected chi connectivity index (χ3v) is 3.39. The number of fused-ring (bicyclic) bond motifs is 1. The average Bonchev–Trinajstić information content (AvgIpc) is 2.49. The highest BCUT2D eigenvalue weighted by atomic mass is 32.1. The zero-order chi connectivity index (χ0) is 8.55. The third-order valence-electron chi connectivity index (χ3n) is 2.41. The van der Waals surface area contributed by atoms with Crippen molar-refractivity contribution in [3.63, 3.8) is 0 Å². The maximum atomic E-state index is 2.40. The molecule has 0 N–H and O–H groups in total. The largest absolute Gasteiger partial charge is 0.148 e. The van der Waals surface area contributed by atoms with Crippen molar-refractivity contribution in [2.75, 3.05) is 0 Å². The van der Waals surface area contributed by atoms with Gasteiger partial charge in [-0.25, -0.2) is 0 Å². The summed E-state index contributed by atoms with van der Waals surface area (Å²) in [5.74, 6) is 0.679. The zero-order valence-corrected chi connectivity index (χ0v) is 8.45. The zero-order valence-electron chi connectivity index (χ0n) is 7.63. The third kappa shape index (κ3) is 1.22. The van der Waals surface area contributed by atoms with Crippen LogP contribution in [0.1, 0.15) is 30.7 Å². The van der Waals surface area contributed by atoms with E-state index < -0.39 is 0 Å². The summed E-state index contributed by atoms with van der Waals surface area (Å²) in [7, 11) is 0. The second kappa shape index (κ2) is 3.06. The van der Waals surface area contributed by atoms with E-state index in [1.165, 1.54) is 18.4 Å². The van der Waals surface area contributed by atoms with Gasteiger partial charge in [0, 0.05) is 4.88 Å². The second-order valence-electron chi connectivity index (χ2n) is 3.61. The second-order valence-corrected chi connectivity index (χ2v) is 4.61. The fourth-order valence-electron chi connectivity index (χ4n) is 1.81. The van der Waals surface area contributed by atoms with Gasteiger partial charge in [-0.1, -0.05) is 19.9 Å². The minimum atomic E-state index is 0.679. The van der Waals surface area contributed by atoms with E-state index in [0.717, 1.165) is 0 Å². The summed E-state index contributed by atoms with van der Waals surface area (Å²) in [5, 5.41) is 2.21. The van der Waals surface area contributed by atoms with Crippen molar-refractivity contribution in [2.24, 2.45) is 5.92 Å². The Morgan fingerprint density at radius 3 is 3.00 bits per heavy atom. The smallest absolute Gasteiger partial charge is 0.0123 e. The van der Waals surface area contributed by atoms with Crippen LogP contribution in [0.4, 0.5) is 0 Å². The van der Waals surface area contributed by atoms with E-state index in [0.29, 0.717) is 5.92 Å². The molecule has 0 aromatic carbocycles. The van der Waals surface area contributed by atoms with Gasteiger partial charge in [0.05, 0.1) is 0 Å². The van der Waals surface area contributed by atoms with Crippen molar-refractivity contribution in [3.8, 4) is 0 Å². The number of rotatable bonds is 1. The monoisotopic (exact) mass is 178 g/mol. The first-order chi connectivity index (χ1) is 5.79. The van der Waals surface area contributed by atoms with Gasteiger partial charge in [-0.2, -0.15) is 0 Å². The summed E-state index contributed by atoms with van der Waals surface area (Å²) in [6.07, 6.45) is 4.89. The molecule has 64 valence electrons. The molecule has 1 heterocycles. The Morgan fingerprint density at radius 2 is 2.25 bits per heavy atom. The van der Waals surface area contributed by atoms with Crippen LogP contribution < -0.4 is 0 Å². The van der Waals surface area contributed by atoms with Gasteiger partial charge in [-0.3, -0.25) is 0 Å². The molecule has 0 aliphatic heterocycles. The molecule has 0 saturated carbocycles. The van der Waals surface area contributed by atoms with Crippen molar-refractivity contribution in [2.45, 2.75) is 26.7 Å². The summed E-state index contributed by atoms with van der Waals surface area (Å²) in [6.45, 7) is 4.55. The molecule has 0 atom stereocenters. The van der Waals surface area contributed by atoms with E-state index in [9.17, 15) is 0 Å². The Bertz CT molecular complexity index is 305. The van der Waals surface area contributed by atoms with Crippen LogP contribution >= 0.6 is 11.3 Å². The first kappa shape index (κ1) is 8.06. The summed E-state index contributed by atoms with van der Waals surface area (Å²) in [6, 6.07) is 2.27. The summed E-state index contributed by atoms with van der Waals surface area (Å²) in [5.41, 5.74) is 3.07. The Hall–Kier alpha value is -0.560. The molecule has 0 bridgehead atoms. The van der Waals surface area contributed by atoms with Crippen LogP contribution in [-0.4, -0.2) is 0 Å². The number of allylic oxidation sites excluding steroid dienone is 2. The first-order valence-electron chi connectivity index (χ1n) is 4.56. The highest BCUT2D eigenvalue weighted by Gasteiger charge is 2.15. The quantitative estimate of drug-likeness (QED) is 0.614. The molecule has 0 unspecified atom stereocenters. The molecule has 0 radical (unpaired) electrons. The van der Waals surface area contributed by atoms with Gasteiger partial charge < -0.3 is 0 Å². The molecule has 1 aromatic rings. The number of thiophene rings is 1. The fourth-order valence-corrected chi connectivity index (χ4v) is 2.72. The Labute approximate surface area is 77.9 Å². The fraction of sp³-hybridized carbons (Fsp3) is 0.455. The molecular weight excluding hydrogens is 164 g/mol. The van der Waals surface area contributed by atoms with Gasteiger partial charge in [0.1, 0.15) is 0 Å². The van der Waals surface area contributed by atoms with Crippen molar-refractivity contribution >= 4 is 16.9 Å². The van der Waals surface area contributed by atoms with Gasteiger partial charge in [0.2, 0.25) is 0 Å². The van der Waals surface area contributed by atoms with Crippen LogP contribution in [0.15, 0.2) is 17.5 Å². The lowest BCUT2D eigenvalue weighted by atomic mass is 9.90. The minimum absolute atomic E-state index is 0.679. The van der Waals surface area contributed by atoms with E-state index in [2.05, 4.69) is 31.4 Å². The van der Waals surface area contributed by atoms with Gasteiger partial charge >= 0.3 is 0 Å². The van der Waals surface area contributed by atoms with Crippen molar-refractivity contribution in [1.82, 2.24) is 0 Å². The molecule has 12 heavy (non-hydrogen) atoms. The van der Waals surface area contributed by atoms with Crippen molar-refractivity contribution in [1.29, 1.82) is 0 Å². The highest BCUT2D eigenvalue weighted by molar-refractivity contribution is 7.10. The SMILES string of the molecule is CC(C)C1=CCCc2sccc21. The Balaban J connectivity index is 2.43. The molecule has 2 rings (SSSR count). The van der Waals surface area contributed by atoms with Crippen LogP contribution in [0.5, 0.6) is 0 Å². The lowest BCUT2D eigenvalue weighted by Crippen LogP contribution is -2.00. The van der Waals surface area contributed by atoms with E-state index in [1.807, 2.05) is 11.3 Å². The normalized spacial score (nSPS) is 16.1. The topological polar surface area (TPSA) is 0 Å². The maximum Gasteiger partial charge on any atom is 0.0123 e. The molecule has 0 fully saturated rings. The van der Waals surface area contributed by atoms with Crippen molar-refractivity contribution < 1.29 is 0 Å². The predicted octanol–water partition coefficient (Wildman–Crippen LogP) is 3.73. The van der Waals surface area contributed by atoms with Gasteiger partial charge in [-0.05, 0) is 41.3 Å². The average molecular weight is 178 g/mol. The van der Waals surface area contributed by atoms with Crippen LogP contribution in [0.2, 0.25) is 0 Å². The van der Waals surface area contributed by atoms with Crippen LogP contribution in [0, 0.1) is 5.92 Å². The Kier molecular flexibility index (Phi) is 2.05. The van der Waals surface area contributed by atoms with E-state index in [-0.39, 0.29) is 0 Å². The lowest BCUT2D eigenvalue weighted by Gasteiger charge is -2.16. The van der Waals surface area contributed by atoms with Gasteiger partial charge in [0.15, 0.2) is 0 Å². The van der Waals surface area contributed by atoms with E-state index in [1.54, 1.807) is 10.5 Å². The van der Waals surface area contributed by atoms with Crippen LogP contribution in [0.25, 0.3) is 5.57 Å². The molecule has 1 aliphatic carbocycles. The van der Waals surface area contributed by atoms with Crippen LogP contribution in [-0.2, 0) is 6.42 Å². The standard InChI is InChI=1S/C11H14S/c1-8(2)9-4-3-5-11-10(9)6-7-12-11/h4,6-8H,3,5H2,1-2H3. The first-order valence-corrected chi connectivity index (χ1v) is 5.44. The molecular formula is C11H14S. The maximum absolute atomic E-state index is 2.40. The minimum Gasteiger partial charge on any atom is -0.148 e. The Morgan fingerprint density at radius 1 is 1.42 bits per heavy atom.